The van der Waals surface area contributed by atoms with Gasteiger partial charge in [-0.05, 0) is 32.1 Å². The van der Waals surface area contributed by atoms with Crippen molar-refractivity contribution in [1.29, 1.82) is 0 Å². The largest absolute Gasteiger partial charge is 0.325 e. The van der Waals surface area contributed by atoms with Crippen molar-refractivity contribution in [2.45, 2.75) is 57.2 Å². The van der Waals surface area contributed by atoms with Gasteiger partial charge in [0.1, 0.15) is 12.1 Å². The van der Waals surface area contributed by atoms with Gasteiger partial charge in [0.15, 0.2) is 0 Å². The molecule has 1 aliphatic carbocycles. The Morgan fingerprint density at radius 1 is 1.17 bits per heavy atom. The summed E-state index contributed by atoms with van der Waals surface area (Å²) in [4.78, 5) is 36.9. The second-order valence-electron chi connectivity index (χ2n) is 5.55. The van der Waals surface area contributed by atoms with Gasteiger partial charge >= 0.3 is 0 Å². The Hall–Kier alpha value is -1.46. The van der Waals surface area contributed by atoms with Crippen LogP contribution in [0, 0.1) is 10.8 Å². The molecule has 0 aromatic rings. The van der Waals surface area contributed by atoms with Gasteiger partial charge in [-0.15, -0.1) is 4.91 Å². The quantitative estimate of drug-likeness (QED) is 0.654. The number of hydrogen-bond donors (Lipinski definition) is 0. The molecule has 0 radical (unpaired) electrons. The predicted molar refractivity (Wildman–Crippen MR) is 63.1 cm³/mol. The Morgan fingerprint density at radius 3 is 2.61 bits per heavy atom. The van der Waals surface area contributed by atoms with Crippen molar-refractivity contribution in [2.75, 3.05) is 0 Å². The fourth-order valence-corrected chi connectivity index (χ4v) is 3.77. The van der Waals surface area contributed by atoms with E-state index in [1.165, 1.54) is 6.42 Å². The zero-order valence-electron chi connectivity index (χ0n) is 10.4. The van der Waals surface area contributed by atoms with Crippen LogP contribution in [0.3, 0.4) is 0 Å². The van der Waals surface area contributed by atoms with Gasteiger partial charge in [0.25, 0.3) is 5.91 Å². The highest BCUT2D eigenvalue weighted by molar-refractivity contribution is 5.97. The fourth-order valence-electron chi connectivity index (χ4n) is 3.77. The first-order valence-electron chi connectivity index (χ1n) is 6.63. The van der Waals surface area contributed by atoms with E-state index in [2.05, 4.69) is 5.29 Å². The zero-order valence-corrected chi connectivity index (χ0v) is 10.4. The normalized spacial score (nSPS) is 39.6. The molecule has 0 aromatic carbocycles. The molecule has 0 N–H and O–H groups in total. The van der Waals surface area contributed by atoms with Gasteiger partial charge in [-0.25, -0.2) is 0 Å². The van der Waals surface area contributed by atoms with Crippen LogP contribution in [0.2, 0.25) is 0 Å². The second kappa shape index (κ2) is 4.03. The molecule has 4 atom stereocenters. The highest BCUT2D eigenvalue weighted by Gasteiger charge is 2.54. The average molecular weight is 251 g/mol. The van der Waals surface area contributed by atoms with E-state index in [0.29, 0.717) is 12.3 Å². The maximum atomic E-state index is 12.3. The number of rotatable bonds is 1. The molecule has 6 heteroatoms. The third-order valence-electron chi connectivity index (χ3n) is 4.67. The van der Waals surface area contributed by atoms with E-state index in [1.54, 1.807) is 11.8 Å². The Labute approximate surface area is 105 Å². The molecule has 3 aliphatic rings. The Balaban J connectivity index is 1.94. The second-order valence-corrected chi connectivity index (χ2v) is 5.55. The van der Waals surface area contributed by atoms with Gasteiger partial charge in [0, 0.05) is 6.04 Å². The first-order chi connectivity index (χ1) is 8.65. The van der Waals surface area contributed by atoms with E-state index in [9.17, 15) is 14.5 Å². The molecule has 0 unspecified atom stereocenters. The number of nitroso groups, excluding NO2 is 1. The average Bonchev–Trinajstić information content (AvgIpc) is 2.76. The van der Waals surface area contributed by atoms with Crippen molar-refractivity contribution in [1.82, 2.24) is 9.91 Å². The van der Waals surface area contributed by atoms with Crippen LogP contribution in [0.5, 0.6) is 0 Å². The van der Waals surface area contributed by atoms with Crippen LogP contribution in [-0.2, 0) is 9.59 Å². The molecule has 98 valence electrons. The molecular formula is C12H17N3O3. The van der Waals surface area contributed by atoms with Crippen molar-refractivity contribution in [3.8, 4) is 0 Å². The van der Waals surface area contributed by atoms with Gasteiger partial charge < -0.3 is 4.90 Å². The first-order valence-corrected chi connectivity index (χ1v) is 6.63. The number of hydrogen-bond acceptors (Lipinski definition) is 4. The van der Waals surface area contributed by atoms with Crippen LogP contribution in [0.25, 0.3) is 0 Å². The minimum absolute atomic E-state index is 0.117. The highest BCUT2D eigenvalue weighted by atomic mass is 16.3. The van der Waals surface area contributed by atoms with E-state index in [4.69, 9.17) is 0 Å². The SMILES string of the molecule is C[C@H]1C(=O)N2[C@@H](C[C@@H]3CCCC[C@@H]32)C(=O)N1N=O. The van der Waals surface area contributed by atoms with Crippen molar-refractivity contribution in [3.63, 3.8) is 0 Å². The Morgan fingerprint density at radius 2 is 1.89 bits per heavy atom. The summed E-state index contributed by atoms with van der Waals surface area (Å²) < 4.78 is 0. The van der Waals surface area contributed by atoms with Crippen molar-refractivity contribution >= 4 is 11.8 Å². The molecule has 18 heavy (non-hydrogen) atoms. The Bertz CT molecular complexity index is 411. The number of nitrogens with zero attached hydrogens (tertiary/aromatic N) is 3. The smallest absolute Gasteiger partial charge is 0.268 e. The van der Waals surface area contributed by atoms with Crippen LogP contribution in [0.15, 0.2) is 5.29 Å². The monoisotopic (exact) mass is 251 g/mol. The summed E-state index contributed by atoms with van der Waals surface area (Å²) in [6, 6.07) is -0.983. The fraction of sp³-hybridized carbons (Fsp3) is 0.833. The summed E-state index contributed by atoms with van der Waals surface area (Å²) in [6.07, 6.45) is 5.07. The van der Waals surface area contributed by atoms with Gasteiger partial charge in [0.05, 0.1) is 5.29 Å². The molecule has 6 nitrogen and oxygen atoms in total. The van der Waals surface area contributed by atoms with Crippen LogP contribution < -0.4 is 0 Å². The lowest BCUT2D eigenvalue weighted by Crippen LogP contribution is -2.61. The van der Waals surface area contributed by atoms with E-state index in [0.717, 1.165) is 24.3 Å². The van der Waals surface area contributed by atoms with Crippen LogP contribution in [0.4, 0.5) is 0 Å². The summed E-state index contributed by atoms with van der Waals surface area (Å²) >= 11 is 0. The Kier molecular flexibility index (Phi) is 2.60. The van der Waals surface area contributed by atoms with Crippen LogP contribution >= 0.6 is 0 Å². The number of carbonyl (C=O) groups is 2. The summed E-state index contributed by atoms with van der Waals surface area (Å²) in [5, 5.41) is 3.54. The lowest BCUT2D eigenvalue weighted by molar-refractivity contribution is -0.161. The molecule has 2 aliphatic heterocycles. The van der Waals surface area contributed by atoms with E-state index < -0.39 is 12.1 Å². The van der Waals surface area contributed by atoms with Gasteiger partial charge in [-0.1, -0.05) is 12.8 Å². The summed E-state index contributed by atoms with van der Waals surface area (Å²) in [5.41, 5.74) is 0. The van der Waals surface area contributed by atoms with E-state index in [-0.39, 0.29) is 17.9 Å². The third kappa shape index (κ3) is 1.41. The maximum Gasteiger partial charge on any atom is 0.268 e. The lowest BCUT2D eigenvalue weighted by atomic mass is 9.85. The van der Waals surface area contributed by atoms with Gasteiger partial charge in [-0.2, -0.15) is 5.01 Å². The molecule has 2 heterocycles. The van der Waals surface area contributed by atoms with Crippen molar-refractivity contribution in [2.24, 2.45) is 11.2 Å². The first kappa shape index (κ1) is 11.6. The van der Waals surface area contributed by atoms with Crippen LogP contribution in [0.1, 0.15) is 39.0 Å². The summed E-state index contributed by atoms with van der Waals surface area (Å²) in [7, 11) is 0. The van der Waals surface area contributed by atoms with E-state index in [1.807, 2.05) is 0 Å². The summed E-state index contributed by atoms with van der Waals surface area (Å²) in [5.74, 6) is 0.00977. The molecule has 0 bridgehead atoms. The highest BCUT2D eigenvalue weighted by Crippen LogP contribution is 2.42. The molecule has 1 saturated carbocycles. The maximum absolute atomic E-state index is 12.3. The standard InChI is InChI=1S/C12H17N3O3/c1-7-11(16)14-9-5-3-2-4-8(9)6-10(14)12(17)15(7)13-18/h7-10H,2-6H2,1H3/t7-,8-,9-,10-/m0/s1. The van der Waals surface area contributed by atoms with Gasteiger partial charge in [0.2, 0.25) is 5.91 Å². The minimum Gasteiger partial charge on any atom is -0.325 e. The third-order valence-corrected chi connectivity index (χ3v) is 4.67. The van der Waals surface area contributed by atoms with Gasteiger partial charge in [-0.3, -0.25) is 9.59 Å². The number of fused-ring (bicyclic) bond motifs is 3. The molecule has 2 saturated heterocycles. The number of carbonyl (C=O) groups excluding carboxylic acids is 2. The zero-order chi connectivity index (χ0) is 12.9. The molecule has 0 spiro atoms. The molecule has 2 amide bonds. The van der Waals surface area contributed by atoms with Crippen LogP contribution in [-0.4, -0.2) is 39.8 Å². The topological polar surface area (TPSA) is 70.1 Å². The lowest BCUT2D eigenvalue weighted by Gasteiger charge is -2.40. The predicted octanol–water partition coefficient (Wildman–Crippen LogP) is 1.06. The number of piperazine rings is 1. The van der Waals surface area contributed by atoms with Crippen molar-refractivity contribution < 1.29 is 9.59 Å². The van der Waals surface area contributed by atoms with E-state index >= 15 is 0 Å². The van der Waals surface area contributed by atoms with Crippen molar-refractivity contribution in [3.05, 3.63) is 4.91 Å². The molecule has 3 rings (SSSR count). The molecular weight excluding hydrogens is 234 g/mol. The molecule has 3 fully saturated rings. The molecule has 0 aromatic heterocycles. The summed E-state index contributed by atoms with van der Waals surface area (Å²) in [6.45, 7) is 1.58. The number of amides is 2. The minimum atomic E-state index is -0.744.